The molecule has 0 saturated carbocycles. The highest BCUT2D eigenvalue weighted by Gasteiger charge is 2.38. The summed E-state index contributed by atoms with van der Waals surface area (Å²) in [6.45, 7) is 2.41. The summed E-state index contributed by atoms with van der Waals surface area (Å²) in [7, 11) is -1.91. The zero-order valence-electron chi connectivity index (χ0n) is 16.4. The Morgan fingerprint density at radius 2 is 2.03 bits per heavy atom. The van der Waals surface area contributed by atoms with Crippen molar-refractivity contribution in [3.8, 4) is 0 Å². The first kappa shape index (κ1) is 20.1. The molecule has 1 saturated heterocycles. The van der Waals surface area contributed by atoms with Crippen LogP contribution < -0.4 is 0 Å². The fraction of sp³-hybridized carbons (Fsp3) is 0.333. The Labute approximate surface area is 176 Å². The van der Waals surface area contributed by atoms with Gasteiger partial charge in [0.1, 0.15) is 0 Å². The van der Waals surface area contributed by atoms with Crippen molar-refractivity contribution in [2.45, 2.75) is 37.3 Å². The van der Waals surface area contributed by atoms with Gasteiger partial charge in [-0.05, 0) is 55.5 Å². The molecule has 152 valence electrons. The molecule has 1 aliphatic rings. The van der Waals surface area contributed by atoms with Crippen LogP contribution in [0.3, 0.4) is 0 Å². The van der Waals surface area contributed by atoms with E-state index >= 15 is 0 Å². The Hall–Kier alpha value is -2.22. The Kier molecular flexibility index (Phi) is 5.46. The molecule has 0 amide bonds. The largest absolute Gasteiger partial charge is 0.339 e. The quantitative estimate of drug-likeness (QED) is 0.615. The van der Waals surface area contributed by atoms with Crippen molar-refractivity contribution in [2.75, 3.05) is 6.54 Å². The van der Waals surface area contributed by atoms with E-state index in [1.54, 1.807) is 11.6 Å². The number of benzene rings is 1. The zero-order valence-corrected chi connectivity index (χ0v) is 18.0. The van der Waals surface area contributed by atoms with Crippen LogP contribution in [0.15, 0.2) is 53.9 Å². The average molecular weight is 431 g/mol. The molecule has 3 aromatic rings. The minimum absolute atomic E-state index is 0.0795. The maximum atomic E-state index is 13.1. The molecule has 0 bridgehead atoms. The fourth-order valence-corrected chi connectivity index (χ4v) is 5.71. The molecule has 29 heavy (non-hydrogen) atoms. The average Bonchev–Trinajstić information content (AvgIpc) is 3.33. The molecule has 3 heterocycles. The highest BCUT2D eigenvalue weighted by molar-refractivity contribution is 7.89. The van der Waals surface area contributed by atoms with Gasteiger partial charge in [0, 0.05) is 30.5 Å². The van der Waals surface area contributed by atoms with Gasteiger partial charge in [0.15, 0.2) is 5.03 Å². The lowest BCUT2D eigenvalue weighted by Crippen LogP contribution is -2.31. The molecular weight excluding hydrogens is 408 g/mol. The summed E-state index contributed by atoms with van der Waals surface area (Å²) in [5, 5.41) is 0.805. The second kappa shape index (κ2) is 7.89. The third kappa shape index (κ3) is 4.08. The van der Waals surface area contributed by atoms with Crippen molar-refractivity contribution in [3.63, 3.8) is 0 Å². The minimum atomic E-state index is -3.67. The molecule has 0 radical (unpaired) electrons. The van der Waals surface area contributed by atoms with Gasteiger partial charge in [-0.2, -0.15) is 4.31 Å². The van der Waals surface area contributed by atoms with Crippen LogP contribution >= 0.6 is 11.6 Å². The molecule has 2 aromatic heterocycles. The highest BCUT2D eigenvalue weighted by atomic mass is 35.5. The van der Waals surface area contributed by atoms with Crippen LogP contribution in [-0.4, -0.2) is 33.8 Å². The van der Waals surface area contributed by atoms with E-state index in [0.29, 0.717) is 13.0 Å². The number of sulfonamides is 1. The van der Waals surface area contributed by atoms with Gasteiger partial charge >= 0.3 is 0 Å². The summed E-state index contributed by atoms with van der Waals surface area (Å²) < 4.78 is 29.5. The topological polar surface area (TPSA) is 68.1 Å². The number of nitrogens with zero attached hydrogens (tertiary/aromatic N) is 4. The number of rotatable bonds is 5. The molecule has 0 N–H and O–H groups in total. The van der Waals surface area contributed by atoms with Crippen LogP contribution in [0.4, 0.5) is 0 Å². The van der Waals surface area contributed by atoms with Crippen LogP contribution in [0.1, 0.15) is 41.4 Å². The molecule has 1 atom stereocenters. The SMILES string of the molecule is Cc1cc(Cc2ccccc2Cl)cc([C@H]2CCCN2S(=O)(=O)c2cn(C)cn2)n1. The first-order valence-corrected chi connectivity index (χ1v) is 11.4. The van der Waals surface area contributed by atoms with Gasteiger partial charge in [-0.1, -0.05) is 29.8 Å². The predicted octanol–water partition coefficient (Wildman–Crippen LogP) is 3.89. The van der Waals surface area contributed by atoms with Gasteiger partial charge in [0.2, 0.25) is 0 Å². The number of hydrogen-bond donors (Lipinski definition) is 0. The van der Waals surface area contributed by atoms with Crippen molar-refractivity contribution in [1.82, 2.24) is 18.8 Å². The Bertz CT molecular complexity index is 1140. The first-order chi connectivity index (χ1) is 13.8. The summed E-state index contributed by atoms with van der Waals surface area (Å²) in [4.78, 5) is 8.74. The lowest BCUT2D eigenvalue weighted by Gasteiger charge is -2.23. The third-order valence-corrected chi connectivity index (χ3v) is 7.35. The minimum Gasteiger partial charge on any atom is -0.339 e. The maximum absolute atomic E-state index is 13.1. The second-order valence-electron chi connectivity index (χ2n) is 7.46. The van der Waals surface area contributed by atoms with E-state index in [9.17, 15) is 8.42 Å². The monoisotopic (exact) mass is 430 g/mol. The molecule has 1 aromatic carbocycles. The van der Waals surface area contributed by atoms with E-state index in [-0.39, 0.29) is 11.1 Å². The van der Waals surface area contributed by atoms with Crippen molar-refractivity contribution in [3.05, 3.63) is 76.5 Å². The molecule has 4 rings (SSSR count). The number of aryl methyl sites for hydroxylation is 2. The van der Waals surface area contributed by atoms with E-state index in [4.69, 9.17) is 11.6 Å². The number of imidazole rings is 1. The molecule has 1 aliphatic heterocycles. The molecule has 0 spiro atoms. The fourth-order valence-electron chi connectivity index (χ4n) is 3.87. The summed E-state index contributed by atoms with van der Waals surface area (Å²) in [6.07, 6.45) is 5.26. The lowest BCUT2D eigenvalue weighted by molar-refractivity contribution is 0.388. The molecular formula is C21H23ClN4O2S. The second-order valence-corrected chi connectivity index (χ2v) is 9.71. The van der Waals surface area contributed by atoms with E-state index in [1.165, 1.54) is 16.8 Å². The van der Waals surface area contributed by atoms with E-state index in [2.05, 4.69) is 9.97 Å². The third-order valence-electron chi connectivity index (χ3n) is 5.18. The predicted molar refractivity (Wildman–Crippen MR) is 112 cm³/mol. The highest BCUT2D eigenvalue weighted by Crippen LogP contribution is 2.36. The van der Waals surface area contributed by atoms with Crippen molar-refractivity contribution in [2.24, 2.45) is 7.05 Å². The van der Waals surface area contributed by atoms with Crippen molar-refractivity contribution >= 4 is 21.6 Å². The van der Waals surface area contributed by atoms with Gasteiger partial charge in [-0.3, -0.25) is 4.98 Å². The zero-order chi connectivity index (χ0) is 20.6. The maximum Gasteiger partial charge on any atom is 0.262 e. The van der Waals surface area contributed by atoms with Crippen LogP contribution in [0.5, 0.6) is 0 Å². The van der Waals surface area contributed by atoms with E-state index < -0.39 is 10.0 Å². The molecule has 8 heteroatoms. The van der Waals surface area contributed by atoms with Crippen molar-refractivity contribution < 1.29 is 8.42 Å². The Balaban J connectivity index is 1.67. The van der Waals surface area contributed by atoms with Gasteiger partial charge in [0.05, 0.1) is 18.1 Å². The van der Waals surface area contributed by atoms with Gasteiger partial charge in [-0.15, -0.1) is 0 Å². The van der Waals surface area contributed by atoms with Gasteiger partial charge in [0.25, 0.3) is 10.0 Å². The number of halogens is 1. The van der Waals surface area contributed by atoms with Crippen LogP contribution in [-0.2, 0) is 23.5 Å². The van der Waals surface area contributed by atoms with E-state index in [0.717, 1.165) is 40.4 Å². The van der Waals surface area contributed by atoms with Crippen LogP contribution in [0.25, 0.3) is 0 Å². The molecule has 0 unspecified atom stereocenters. The van der Waals surface area contributed by atoms with E-state index in [1.807, 2.05) is 43.3 Å². The Morgan fingerprint density at radius 3 is 2.76 bits per heavy atom. The molecule has 6 nitrogen and oxygen atoms in total. The number of hydrogen-bond acceptors (Lipinski definition) is 4. The van der Waals surface area contributed by atoms with Crippen LogP contribution in [0, 0.1) is 6.92 Å². The summed E-state index contributed by atoms with van der Waals surface area (Å²) >= 11 is 6.32. The number of aromatic nitrogens is 3. The standard InChI is InChI=1S/C21H23ClN4O2S/c1-15-10-16(11-17-6-3-4-7-18(17)22)12-19(24-15)20-8-5-9-26(20)29(27,28)21-13-25(2)14-23-21/h3-4,6-7,10,12-14,20H,5,8-9,11H2,1-2H3/t20-/m1/s1. The molecule has 1 fully saturated rings. The Morgan fingerprint density at radius 1 is 1.24 bits per heavy atom. The lowest BCUT2D eigenvalue weighted by atomic mass is 10.0. The first-order valence-electron chi connectivity index (χ1n) is 9.55. The van der Waals surface area contributed by atoms with Crippen LogP contribution in [0.2, 0.25) is 5.02 Å². The summed E-state index contributed by atoms with van der Waals surface area (Å²) in [5.74, 6) is 0. The van der Waals surface area contributed by atoms with Gasteiger partial charge in [-0.25, -0.2) is 13.4 Å². The summed E-state index contributed by atoms with van der Waals surface area (Å²) in [6, 6.07) is 11.5. The van der Waals surface area contributed by atoms with Crippen molar-refractivity contribution in [1.29, 1.82) is 0 Å². The molecule has 0 aliphatic carbocycles. The smallest absolute Gasteiger partial charge is 0.262 e. The normalized spacial score (nSPS) is 17.7. The summed E-state index contributed by atoms with van der Waals surface area (Å²) in [5.41, 5.74) is 3.76. The number of pyridine rings is 1. The van der Waals surface area contributed by atoms with Gasteiger partial charge < -0.3 is 4.57 Å².